The summed E-state index contributed by atoms with van der Waals surface area (Å²) >= 11 is 1.15. The second-order valence-electron chi connectivity index (χ2n) is 6.17. The summed E-state index contributed by atoms with van der Waals surface area (Å²) in [6.07, 6.45) is 0. The van der Waals surface area contributed by atoms with Crippen LogP contribution in [0.3, 0.4) is 0 Å². The topological polar surface area (TPSA) is 90.9 Å². The fourth-order valence-electron chi connectivity index (χ4n) is 2.90. The molecule has 0 saturated heterocycles. The molecule has 2 heterocycles. The maximum absolute atomic E-state index is 12.6. The minimum Gasteiger partial charge on any atom is -0.486 e. The normalized spacial score (nSPS) is 12.4. The number of esters is 1. The number of carbonyl (C=O) groups excluding carboxylic acids is 3. The highest BCUT2D eigenvalue weighted by Gasteiger charge is 2.24. The Morgan fingerprint density at radius 3 is 2.57 bits per heavy atom. The van der Waals surface area contributed by atoms with Gasteiger partial charge >= 0.3 is 5.97 Å². The van der Waals surface area contributed by atoms with Crippen molar-refractivity contribution in [2.45, 2.75) is 20.8 Å². The third-order valence-corrected chi connectivity index (χ3v) is 5.57. The zero-order valence-corrected chi connectivity index (χ0v) is 16.7. The fraction of sp³-hybridized carbons (Fsp3) is 0.350. The molecule has 0 unspecified atom stereocenters. The molecule has 0 spiro atoms. The molecule has 7 nitrogen and oxygen atoms in total. The van der Waals surface area contributed by atoms with E-state index in [0.717, 1.165) is 11.3 Å². The predicted octanol–water partition coefficient (Wildman–Crippen LogP) is 3.50. The van der Waals surface area contributed by atoms with Gasteiger partial charge in [-0.25, -0.2) is 4.79 Å². The molecule has 1 aliphatic rings. The van der Waals surface area contributed by atoms with E-state index >= 15 is 0 Å². The number of hydrogen-bond donors (Lipinski definition) is 1. The van der Waals surface area contributed by atoms with Gasteiger partial charge in [0, 0.05) is 5.56 Å². The van der Waals surface area contributed by atoms with E-state index in [1.807, 2.05) is 0 Å². The number of fused-ring (bicyclic) bond motifs is 1. The lowest BCUT2D eigenvalue weighted by molar-refractivity contribution is 0.0527. The Hall–Kier alpha value is -2.87. The largest absolute Gasteiger partial charge is 0.486 e. The fourth-order valence-corrected chi connectivity index (χ4v) is 3.99. The van der Waals surface area contributed by atoms with Gasteiger partial charge in [-0.1, -0.05) is 0 Å². The van der Waals surface area contributed by atoms with Crippen molar-refractivity contribution in [3.63, 3.8) is 0 Å². The molecule has 0 fully saturated rings. The third kappa shape index (κ3) is 4.01. The number of ether oxygens (including phenoxy) is 3. The van der Waals surface area contributed by atoms with Gasteiger partial charge < -0.3 is 19.5 Å². The summed E-state index contributed by atoms with van der Waals surface area (Å²) in [4.78, 5) is 37.2. The molecule has 1 aliphatic heterocycles. The molecule has 28 heavy (non-hydrogen) atoms. The molecule has 0 saturated carbocycles. The van der Waals surface area contributed by atoms with Gasteiger partial charge in [0.1, 0.15) is 18.2 Å². The monoisotopic (exact) mass is 403 g/mol. The van der Waals surface area contributed by atoms with E-state index in [0.29, 0.717) is 51.3 Å². The second kappa shape index (κ2) is 8.43. The molecule has 2 aromatic rings. The Morgan fingerprint density at radius 2 is 1.89 bits per heavy atom. The Kier molecular flexibility index (Phi) is 5.99. The summed E-state index contributed by atoms with van der Waals surface area (Å²) < 4.78 is 16.1. The lowest BCUT2D eigenvalue weighted by Crippen LogP contribution is -2.18. The first-order valence-electron chi connectivity index (χ1n) is 8.90. The lowest BCUT2D eigenvalue weighted by atomic mass is 10.1. The first kappa shape index (κ1) is 19.9. The number of carbonyl (C=O) groups is 3. The van der Waals surface area contributed by atoms with Crippen LogP contribution in [0.5, 0.6) is 11.5 Å². The number of benzene rings is 1. The van der Waals surface area contributed by atoms with Crippen LogP contribution in [0.2, 0.25) is 0 Å². The number of rotatable bonds is 7. The van der Waals surface area contributed by atoms with E-state index in [1.165, 1.54) is 6.92 Å². The van der Waals surface area contributed by atoms with Crippen LogP contribution in [0.15, 0.2) is 18.2 Å². The number of hydrogen-bond acceptors (Lipinski definition) is 8. The summed E-state index contributed by atoms with van der Waals surface area (Å²) in [6.45, 7) is 5.96. The molecule has 0 bridgehead atoms. The van der Waals surface area contributed by atoms with Gasteiger partial charge in [-0.05, 0) is 44.5 Å². The van der Waals surface area contributed by atoms with Gasteiger partial charge in [-0.2, -0.15) is 0 Å². The highest BCUT2D eigenvalue weighted by Crippen LogP contribution is 2.34. The summed E-state index contributed by atoms with van der Waals surface area (Å²) in [7, 11) is 0. The average Bonchev–Trinajstić information content (AvgIpc) is 3.02. The first-order valence-corrected chi connectivity index (χ1v) is 9.72. The van der Waals surface area contributed by atoms with E-state index in [4.69, 9.17) is 14.2 Å². The molecular weight excluding hydrogens is 382 g/mol. The molecule has 1 aromatic heterocycles. The van der Waals surface area contributed by atoms with E-state index in [2.05, 4.69) is 5.32 Å². The maximum Gasteiger partial charge on any atom is 0.341 e. The average molecular weight is 403 g/mol. The van der Waals surface area contributed by atoms with Gasteiger partial charge in [-0.3, -0.25) is 9.59 Å². The van der Waals surface area contributed by atoms with Crippen LogP contribution >= 0.6 is 11.3 Å². The van der Waals surface area contributed by atoms with Crippen molar-refractivity contribution < 1.29 is 28.6 Å². The van der Waals surface area contributed by atoms with E-state index in [1.54, 1.807) is 32.0 Å². The SMILES string of the molecule is CCOC(=O)c1c(NCC(=O)c2ccc3c(c2)OCCO3)sc(C(C)=O)c1C. The summed E-state index contributed by atoms with van der Waals surface area (Å²) in [5.41, 5.74) is 1.33. The lowest BCUT2D eigenvalue weighted by Gasteiger charge is -2.18. The van der Waals surface area contributed by atoms with Crippen LogP contribution in [0.4, 0.5) is 5.00 Å². The van der Waals surface area contributed by atoms with Crippen LogP contribution in [-0.4, -0.2) is 43.9 Å². The second-order valence-corrected chi connectivity index (χ2v) is 7.19. The Morgan fingerprint density at radius 1 is 1.18 bits per heavy atom. The number of ketones is 2. The van der Waals surface area contributed by atoms with Crippen molar-refractivity contribution in [1.29, 1.82) is 0 Å². The predicted molar refractivity (Wildman–Crippen MR) is 105 cm³/mol. The molecule has 148 valence electrons. The number of thiophene rings is 1. The summed E-state index contributed by atoms with van der Waals surface area (Å²) in [5, 5.41) is 3.44. The molecule has 8 heteroatoms. The van der Waals surface area contributed by atoms with E-state index in [9.17, 15) is 14.4 Å². The summed E-state index contributed by atoms with van der Waals surface area (Å²) in [6, 6.07) is 5.02. The minimum atomic E-state index is -0.516. The van der Waals surface area contributed by atoms with Crippen molar-refractivity contribution in [2.24, 2.45) is 0 Å². The maximum atomic E-state index is 12.6. The number of anilines is 1. The van der Waals surface area contributed by atoms with Crippen molar-refractivity contribution in [2.75, 3.05) is 31.7 Å². The first-order chi connectivity index (χ1) is 13.4. The number of Topliss-reactive ketones (excluding diaryl/α,β-unsaturated/α-hetero) is 2. The molecule has 0 aliphatic carbocycles. The van der Waals surface area contributed by atoms with Crippen LogP contribution in [0.25, 0.3) is 0 Å². The van der Waals surface area contributed by atoms with Crippen molar-refractivity contribution in [1.82, 2.24) is 0 Å². The molecule has 1 N–H and O–H groups in total. The zero-order valence-electron chi connectivity index (χ0n) is 15.9. The van der Waals surface area contributed by atoms with Gasteiger partial charge in [-0.15, -0.1) is 11.3 Å². The van der Waals surface area contributed by atoms with Crippen LogP contribution in [0.1, 0.15) is 49.8 Å². The van der Waals surface area contributed by atoms with Crippen LogP contribution < -0.4 is 14.8 Å². The zero-order chi connectivity index (χ0) is 20.3. The Balaban J connectivity index is 1.80. The van der Waals surface area contributed by atoms with Gasteiger partial charge in [0.05, 0.1) is 23.6 Å². The van der Waals surface area contributed by atoms with Crippen LogP contribution in [0, 0.1) is 6.92 Å². The minimum absolute atomic E-state index is 0.0383. The Labute approximate surface area is 166 Å². The molecule has 1 aromatic carbocycles. The van der Waals surface area contributed by atoms with Crippen LogP contribution in [-0.2, 0) is 4.74 Å². The summed E-state index contributed by atoms with van der Waals surface area (Å²) in [5.74, 6) is 0.315. The molecule has 3 rings (SSSR count). The molecule has 0 radical (unpaired) electrons. The quantitative estimate of drug-likeness (QED) is 0.559. The highest BCUT2D eigenvalue weighted by atomic mass is 32.1. The van der Waals surface area contributed by atoms with E-state index in [-0.39, 0.29) is 24.7 Å². The van der Waals surface area contributed by atoms with Crippen molar-refractivity contribution >= 4 is 33.9 Å². The standard InChI is InChI=1S/C20H21NO6S/c1-4-25-20(24)17-11(2)18(12(3)22)28-19(17)21-10-14(23)13-5-6-15-16(9-13)27-8-7-26-15/h5-6,9,21H,4,7-8,10H2,1-3H3. The van der Waals surface area contributed by atoms with Gasteiger partial charge in [0.15, 0.2) is 23.1 Å². The van der Waals surface area contributed by atoms with Crippen molar-refractivity contribution in [3.05, 3.63) is 39.8 Å². The molecule has 0 amide bonds. The smallest absolute Gasteiger partial charge is 0.341 e. The molecule has 0 atom stereocenters. The highest BCUT2D eigenvalue weighted by molar-refractivity contribution is 7.18. The third-order valence-electron chi connectivity index (χ3n) is 4.22. The Bertz CT molecular complexity index is 933. The van der Waals surface area contributed by atoms with E-state index < -0.39 is 5.97 Å². The molecular formula is C20H21NO6S. The number of nitrogens with one attached hydrogen (secondary N) is 1. The van der Waals surface area contributed by atoms with Gasteiger partial charge in [0.2, 0.25) is 0 Å². The van der Waals surface area contributed by atoms with Crippen molar-refractivity contribution in [3.8, 4) is 11.5 Å². The van der Waals surface area contributed by atoms with Gasteiger partial charge in [0.25, 0.3) is 0 Å².